The minimum absolute atomic E-state index is 0.0205. The van der Waals surface area contributed by atoms with E-state index < -0.39 is 0 Å². The lowest BCUT2D eigenvalue weighted by atomic mass is 10.1. The molecule has 24 heavy (non-hydrogen) atoms. The van der Waals surface area contributed by atoms with Crippen LogP contribution in [0.25, 0.3) is 27.4 Å². The molecule has 0 aliphatic carbocycles. The van der Waals surface area contributed by atoms with E-state index in [1.807, 2.05) is 66.7 Å². The molecule has 3 nitrogen and oxygen atoms in total. The zero-order valence-corrected chi connectivity index (χ0v) is 14.1. The highest BCUT2D eigenvalue weighted by molar-refractivity contribution is 7.99. The van der Waals surface area contributed by atoms with Gasteiger partial charge in [-0.2, -0.15) is 0 Å². The third-order valence-electron chi connectivity index (χ3n) is 3.99. The molecule has 0 aliphatic rings. The van der Waals surface area contributed by atoms with Crippen molar-refractivity contribution in [3.05, 3.63) is 77.1 Å². The van der Waals surface area contributed by atoms with Gasteiger partial charge in [-0.1, -0.05) is 61.2 Å². The van der Waals surface area contributed by atoms with Crippen molar-refractivity contribution in [1.82, 2.24) is 9.55 Å². The Morgan fingerprint density at radius 3 is 2.33 bits per heavy atom. The van der Waals surface area contributed by atoms with E-state index in [4.69, 9.17) is 4.98 Å². The van der Waals surface area contributed by atoms with Gasteiger partial charge in [0, 0.05) is 0 Å². The van der Waals surface area contributed by atoms with Crippen LogP contribution in [0.15, 0.2) is 76.7 Å². The second kappa shape index (κ2) is 6.13. The standard InChI is InChI=1S/C20H16N2OS/c1-2-24-20-21-18-13-15-9-7-6-8-14(15)12-17(18)19(23)22(20)16-10-4-3-5-11-16/h3-13H,2H2,1H3. The summed E-state index contributed by atoms with van der Waals surface area (Å²) in [5.74, 6) is 0.859. The highest BCUT2D eigenvalue weighted by Gasteiger charge is 2.13. The number of aromatic nitrogens is 2. The van der Waals surface area contributed by atoms with Gasteiger partial charge in [-0.25, -0.2) is 4.98 Å². The van der Waals surface area contributed by atoms with E-state index in [0.29, 0.717) is 5.39 Å². The number of nitrogens with zero attached hydrogens (tertiary/aromatic N) is 2. The smallest absolute Gasteiger partial charge is 0.266 e. The number of thioether (sulfide) groups is 1. The van der Waals surface area contributed by atoms with Gasteiger partial charge < -0.3 is 0 Å². The summed E-state index contributed by atoms with van der Waals surface area (Å²) >= 11 is 1.58. The maximum absolute atomic E-state index is 13.2. The molecule has 118 valence electrons. The van der Waals surface area contributed by atoms with Crippen LogP contribution in [0, 0.1) is 0 Å². The predicted octanol–water partition coefficient (Wildman–Crippen LogP) is 4.65. The molecular weight excluding hydrogens is 316 g/mol. The van der Waals surface area contributed by atoms with E-state index in [-0.39, 0.29) is 5.56 Å². The molecule has 0 unspecified atom stereocenters. The Kier molecular flexibility index (Phi) is 3.82. The Hall–Kier alpha value is -2.59. The zero-order chi connectivity index (χ0) is 16.5. The fraction of sp³-hybridized carbons (Fsp3) is 0.100. The first-order chi connectivity index (χ1) is 11.8. The van der Waals surface area contributed by atoms with Crippen molar-refractivity contribution in [2.24, 2.45) is 0 Å². The second-order valence-corrected chi connectivity index (χ2v) is 6.75. The van der Waals surface area contributed by atoms with Gasteiger partial charge in [-0.3, -0.25) is 9.36 Å². The summed E-state index contributed by atoms with van der Waals surface area (Å²) in [5, 5.41) is 3.54. The van der Waals surface area contributed by atoms with Crippen molar-refractivity contribution in [3.8, 4) is 5.69 Å². The first kappa shape index (κ1) is 15.0. The topological polar surface area (TPSA) is 34.9 Å². The third kappa shape index (κ3) is 2.49. The molecule has 4 rings (SSSR count). The largest absolute Gasteiger partial charge is 0.268 e. The first-order valence-corrected chi connectivity index (χ1v) is 8.90. The summed E-state index contributed by atoms with van der Waals surface area (Å²) in [7, 11) is 0. The second-order valence-electron chi connectivity index (χ2n) is 5.52. The van der Waals surface area contributed by atoms with Gasteiger partial charge in [0.05, 0.1) is 16.6 Å². The lowest BCUT2D eigenvalue weighted by Gasteiger charge is -2.13. The Labute approximate surface area is 144 Å². The summed E-state index contributed by atoms with van der Waals surface area (Å²) in [6.07, 6.45) is 0. The summed E-state index contributed by atoms with van der Waals surface area (Å²) < 4.78 is 1.71. The van der Waals surface area contributed by atoms with Gasteiger partial charge >= 0.3 is 0 Å². The van der Waals surface area contributed by atoms with Gasteiger partial charge in [0.1, 0.15) is 0 Å². The molecule has 1 heterocycles. The van der Waals surface area contributed by atoms with Crippen LogP contribution >= 0.6 is 11.8 Å². The summed E-state index contributed by atoms with van der Waals surface area (Å²) in [4.78, 5) is 18.0. The monoisotopic (exact) mass is 332 g/mol. The molecule has 0 aliphatic heterocycles. The quantitative estimate of drug-likeness (QED) is 0.311. The predicted molar refractivity (Wildman–Crippen MR) is 101 cm³/mol. The minimum Gasteiger partial charge on any atom is -0.268 e. The molecule has 0 saturated heterocycles. The van der Waals surface area contributed by atoms with Crippen LogP contribution in [0.2, 0.25) is 0 Å². The Balaban J connectivity index is 2.10. The van der Waals surface area contributed by atoms with Crippen molar-refractivity contribution < 1.29 is 0 Å². The molecule has 0 atom stereocenters. The van der Waals surface area contributed by atoms with Gasteiger partial charge in [-0.15, -0.1) is 0 Å². The van der Waals surface area contributed by atoms with E-state index in [9.17, 15) is 4.79 Å². The molecule has 0 amide bonds. The normalized spacial score (nSPS) is 11.2. The molecule has 0 fully saturated rings. The average Bonchev–Trinajstić information content (AvgIpc) is 2.62. The lowest BCUT2D eigenvalue weighted by Crippen LogP contribution is -2.21. The van der Waals surface area contributed by atoms with Gasteiger partial charge in [0.25, 0.3) is 5.56 Å². The Morgan fingerprint density at radius 1 is 0.958 bits per heavy atom. The van der Waals surface area contributed by atoms with Gasteiger partial charge in [0.2, 0.25) is 0 Å². The SMILES string of the molecule is CCSc1nc2cc3ccccc3cc2c(=O)n1-c1ccccc1. The molecule has 4 aromatic rings. The van der Waals surface area contributed by atoms with Gasteiger partial charge in [-0.05, 0) is 40.8 Å². The zero-order valence-electron chi connectivity index (χ0n) is 13.3. The molecule has 4 heteroatoms. The molecule has 0 spiro atoms. The molecule has 3 aromatic carbocycles. The molecule has 0 radical (unpaired) electrons. The van der Waals surface area contributed by atoms with Crippen LogP contribution in [0.5, 0.6) is 0 Å². The summed E-state index contributed by atoms with van der Waals surface area (Å²) in [5.41, 5.74) is 1.58. The maximum Gasteiger partial charge on any atom is 0.266 e. The molecular formula is C20H16N2OS. The van der Waals surface area contributed by atoms with Crippen molar-refractivity contribution in [2.45, 2.75) is 12.1 Å². The minimum atomic E-state index is -0.0205. The summed E-state index contributed by atoms with van der Waals surface area (Å²) in [6.45, 7) is 2.07. The van der Waals surface area contributed by atoms with Crippen LogP contribution in [-0.4, -0.2) is 15.3 Å². The highest BCUT2D eigenvalue weighted by Crippen LogP contribution is 2.24. The number of benzene rings is 3. The summed E-state index contributed by atoms with van der Waals surface area (Å²) in [6, 6.07) is 21.7. The maximum atomic E-state index is 13.2. The van der Waals surface area contributed by atoms with Crippen molar-refractivity contribution in [1.29, 1.82) is 0 Å². The molecule has 0 N–H and O–H groups in total. The highest BCUT2D eigenvalue weighted by atomic mass is 32.2. The van der Waals surface area contributed by atoms with Crippen LogP contribution in [-0.2, 0) is 0 Å². The Morgan fingerprint density at radius 2 is 1.62 bits per heavy atom. The van der Waals surface area contributed by atoms with E-state index in [1.165, 1.54) is 0 Å². The van der Waals surface area contributed by atoms with E-state index in [1.54, 1.807) is 16.3 Å². The number of para-hydroxylation sites is 1. The van der Waals surface area contributed by atoms with E-state index >= 15 is 0 Å². The van der Waals surface area contributed by atoms with Crippen molar-refractivity contribution >= 4 is 33.4 Å². The number of rotatable bonds is 3. The van der Waals surface area contributed by atoms with E-state index in [2.05, 4.69) is 6.92 Å². The lowest BCUT2D eigenvalue weighted by molar-refractivity contribution is 0.820. The number of hydrogen-bond donors (Lipinski definition) is 0. The fourth-order valence-corrected chi connectivity index (χ4v) is 3.62. The van der Waals surface area contributed by atoms with Crippen LogP contribution in [0.3, 0.4) is 0 Å². The Bertz CT molecular complexity index is 1090. The van der Waals surface area contributed by atoms with Crippen LogP contribution in [0.4, 0.5) is 0 Å². The third-order valence-corrected chi connectivity index (χ3v) is 4.81. The van der Waals surface area contributed by atoms with Crippen molar-refractivity contribution in [3.63, 3.8) is 0 Å². The fourth-order valence-electron chi connectivity index (χ4n) is 2.88. The van der Waals surface area contributed by atoms with Crippen molar-refractivity contribution in [2.75, 3.05) is 5.75 Å². The molecule has 1 aromatic heterocycles. The number of hydrogen-bond acceptors (Lipinski definition) is 3. The first-order valence-electron chi connectivity index (χ1n) is 7.91. The molecule has 0 bridgehead atoms. The molecule has 0 saturated carbocycles. The van der Waals surface area contributed by atoms with Crippen LogP contribution < -0.4 is 5.56 Å². The van der Waals surface area contributed by atoms with Gasteiger partial charge in [0.15, 0.2) is 5.16 Å². The average molecular weight is 332 g/mol. The number of fused-ring (bicyclic) bond motifs is 2. The van der Waals surface area contributed by atoms with E-state index in [0.717, 1.165) is 32.9 Å². The van der Waals surface area contributed by atoms with Crippen LogP contribution in [0.1, 0.15) is 6.92 Å².